The molecule has 0 spiro atoms. The van der Waals surface area contributed by atoms with Crippen molar-refractivity contribution in [1.82, 2.24) is 0 Å². The summed E-state index contributed by atoms with van der Waals surface area (Å²) in [7, 11) is 0. The molecule has 0 aromatic heterocycles. The van der Waals surface area contributed by atoms with Crippen molar-refractivity contribution in [3.05, 3.63) is 59.7 Å². The average molecular weight is 424 g/mol. The fourth-order valence-corrected chi connectivity index (χ4v) is 3.18. The van der Waals surface area contributed by atoms with E-state index in [0.29, 0.717) is 11.4 Å². The highest BCUT2D eigenvalue weighted by Gasteiger charge is 2.24. The SMILES string of the molecule is CCOC(=O)CON=C1CC(=NOCC(=O)OCC)c2ccccc2-c2ccccc21. The van der Waals surface area contributed by atoms with Crippen LogP contribution in [0.4, 0.5) is 0 Å². The molecule has 0 unspecified atom stereocenters. The molecular weight excluding hydrogens is 400 g/mol. The molecule has 8 nitrogen and oxygen atoms in total. The van der Waals surface area contributed by atoms with Gasteiger partial charge >= 0.3 is 11.9 Å². The van der Waals surface area contributed by atoms with Crippen LogP contribution >= 0.6 is 0 Å². The Labute approximate surface area is 180 Å². The minimum absolute atomic E-state index is 0.269. The van der Waals surface area contributed by atoms with Crippen molar-refractivity contribution in [3.8, 4) is 11.1 Å². The van der Waals surface area contributed by atoms with Crippen LogP contribution in [-0.2, 0) is 28.7 Å². The lowest BCUT2D eigenvalue weighted by molar-refractivity contribution is -0.149. The summed E-state index contributed by atoms with van der Waals surface area (Å²) in [6.45, 7) is 3.40. The number of hydrogen-bond acceptors (Lipinski definition) is 8. The Hall–Kier alpha value is -3.68. The molecular formula is C23H24N2O6. The summed E-state index contributed by atoms with van der Waals surface area (Å²) >= 11 is 0. The van der Waals surface area contributed by atoms with E-state index in [0.717, 1.165) is 22.3 Å². The number of benzene rings is 2. The fraction of sp³-hybridized carbons (Fsp3) is 0.304. The molecule has 31 heavy (non-hydrogen) atoms. The molecule has 3 rings (SSSR count). The third-order valence-corrected chi connectivity index (χ3v) is 4.43. The van der Waals surface area contributed by atoms with E-state index >= 15 is 0 Å². The molecule has 2 aromatic rings. The summed E-state index contributed by atoms with van der Waals surface area (Å²) in [5.74, 6) is -0.993. The molecule has 0 aliphatic heterocycles. The van der Waals surface area contributed by atoms with Crippen LogP contribution in [0.2, 0.25) is 0 Å². The zero-order chi connectivity index (χ0) is 22.1. The van der Waals surface area contributed by atoms with Crippen LogP contribution in [0.25, 0.3) is 11.1 Å². The van der Waals surface area contributed by atoms with E-state index in [1.165, 1.54) is 0 Å². The molecule has 0 radical (unpaired) electrons. The van der Waals surface area contributed by atoms with E-state index in [1.54, 1.807) is 13.8 Å². The normalized spacial score (nSPS) is 14.9. The molecule has 0 N–H and O–H groups in total. The number of esters is 2. The summed E-state index contributed by atoms with van der Waals surface area (Å²) in [5, 5.41) is 8.40. The number of carbonyl (C=O) groups is 2. The molecule has 8 heteroatoms. The Morgan fingerprint density at radius 2 is 1.10 bits per heavy atom. The predicted octanol–water partition coefficient (Wildman–Crippen LogP) is 3.32. The smallest absolute Gasteiger partial charge is 0.347 e. The van der Waals surface area contributed by atoms with E-state index < -0.39 is 11.9 Å². The minimum atomic E-state index is -0.497. The van der Waals surface area contributed by atoms with Crippen molar-refractivity contribution in [2.45, 2.75) is 20.3 Å². The van der Waals surface area contributed by atoms with Gasteiger partial charge in [-0.15, -0.1) is 0 Å². The number of rotatable bonds is 8. The van der Waals surface area contributed by atoms with Gasteiger partial charge in [-0.1, -0.05) is 58.8 Å². The Bertz CT molecular complexity index is 920. The van der Waals surface area contributed by atoms with Gasteiger partial charge in [-0.05, 0) is 25.0 Å². The largest absolute Gasteiger partial charge is 0.463 e. The molecule has 0 amide bonds. The second kappa shape index (κ2) is 10.9. The monoisotopic (exact) mass is 424 g/mol. The fourth-order valence-electron chi connectivity index (χ4n) is 3.18. The summed E-state index contributed by atoms with van der Waals surface area (Å²) in [6.07, 6.45) is 0.277. The molecule has 2 aromatic carbocycles. The summed E-state index contributed by atoms with van der Waals surface area (Å²) in [4.78, 5) is 33.7. The van der Waals surface area contributed by atoms with Crippen molar-refractivity contribution in [2.75, 3.05) is 26.4 Å². The van der Waals surface area contributed by atoms with Crippen LogP contribution in [0.1, 0.15) is 31.4 Å². The van der Waals surface area contributed by atoms with Gasteiger partial charge in [-0.2, -0.15) is 0 Å². The van der Waals surface area contributed by atoms with Crippen molar-refractivity contribution >= 4 is 23.4 Å². The summed E-state index contributed by atoms with van der Waals surface area (Å²) in [6, 6.07) is 15.5. The van der Waals surface area contributed by atoms with Crippen LogP contribution in [0.15, 0.2) is 58.8 Å². The highest BCUT2D eigenvalue weighted by Crippen LogP contribution is 2.33. The van der Waals surface area contributed by atoms with E-state index in [-0.39, 0.29) is 32.8 Å². The highest BCUT2D eigenvalue weighted by atomic mass is 16.7. The number of carbonyl (C=O) groups excluding carboxylic acids is 2. The van der Waals surface area contributed by atoms with Gasteiger partial charge in [0.05, 0.1) is 24.6 Å². The topological polar surface area (TPSA) is 95.8 Å². The lowest BCUT2D eigenvalue weighted by Crippen LogP contribution is -2.15. The standard InChI is InChI=1S/C23H24N2O6/c1-3-28-22(26)14-30-24-20-13-21(25-31-15-23(27)29-4-2)19-12-8-6-10-17(19)16-9-5-7-11-18(16)20/h5-12H,3-4,13-15H2,1-2H3. The lowest BCUT2D eigenvalue weighted by atomic mass is 9.96. The van der Waals surface area contributed by atoms with Crippen LogP contribution in [-0.4, -0.2) is 49.8 Å². The first-order chi connectivity index (χ1) is 15.1. The lowest BCUT2D eigenvalue weighted by Gasteiger charge is -2.09. The first-order valence-corrected chi connectivity index (χ1v) is 10.0. The van der Waals surface area contributed by atoms with Gasteiger partial charge in [0.25, 0.3) is 0 Å². The van der Waals surface area contributed by atoms with E-state index in [1.807, 2.05) is 48.5 Å². The minimum Gasteiger partial charge on any atom is -0.463 e. The van der Waals surface area contributed by atoms with Crippen LogP contribution in [0, 0.1) is 0 Å². The van der Waals surface area contributed by atoms with Crippen LogP contribution < -0.4 is 0 Å². The van der Waals surface area contributed by atoms with Crippen molar-refractivity contribution in [3.63, 3.8) is 0 Å². The molecule has 1 aliphatic carbocycles. The van der Waals surface area contributed by atoms with Crippen molar-refractivity contribution < 1.29 is 28.7 Å². The van der Waals surface area contributed by atoms with Gasteiger partial charge < -0.3 is 19.1 Å². The number of fused-ring (bicyclic) bond motifs is 3. The first-order valence-electron chi connectivity index (χ1n) is 10.0. The summed E-state index contributed by atoms with van der Waals surface area (Å²) in [5.41, 5.74) is 4.77. The van der Waals surface area contributed by atoms with E-state index in [4.69, 9.17) is 19.1 Å². The molecule has 1 aliphatic rings. The third-order valence-electron chi connectivity index (χ3n) is 4.43. The van der Waals surface area contributed by atoms with Crippen molar-refractivity contribution in [2.24, 2.45) is 10.3 Å². The van der Waals surface area contributed by atoms with Gasteiger partial charge in [0.1, 0.15) is 0 Å². The van der Waals surface area contributed by atoms with Gasteiger partial charge in [0.15, 0.2) is 0 Å². The second-order valence-corrected chi connectivity index (χ2v) is 6.50. The second-order valence-electron chi connectivity index (χ2n) is 6.50. The molecule has 0 heterocycles. The molecule has 0 atom stereocenters. The quantitative estimate of drug-likeness (QED) is 0.476. The molecule has 0 saturated heterocycles. The van der Waals surface area contributed by atoms with Crippen LogP contribution in [0.3, 0.4) is 0 Å². The molecule has 0 saturated carbocycles. The van der Waals surface area contributed by atoms with Gasteiger partial charge in [-0.25, -0.2) is 9.59 Å². The van der Waals surface area contributed by atoms with E-state index in [9.17, 15) is 9.59 Å². The maximum absolute atomic E-state index is 11.6. The first kappa shape index (κ1) is 22.0. The maximum Gasteiger partial charge on any atom is 0.347 e. The highest BCUT2D eigenvalue weighted by molar-refractivity contribution is 6.24. The Balaban J connectivity index is 1.94. The van der Waals surface area contributed by atoms with Gasteiger partial charge in [0, 0.05) is 17.5 Å². The summed E-state index contributed by atoms with van der Waals surface area (Å²) < 4.78 is 9.74. The van der Waals surface area contributed by atoms with Crippen LogP contribution in [0.5, 0.6) is 0 Å². The van der Waals surface area contributed by atoms with Crippen molar-refractivity contribution in [1.29, 1.82) is 0 Å². The zero-order valence-corrected chi connectivity index (χ0v) is 17.5. The van der Waals surface area contributed by atoms with Gasteiger partial charge in [-0.3, -0.25) is 0 Å². The Morgan fingerprint density at radius 3 is 1.48 bits per heavy atom. The average Bonchev–Trinajstić information content (AvgIpc) is 2.90. The Kier molecular flexibility index (Phi) is 7.75. The predicted molar refractivity (Wildman–Crippen MR) is 115 cm³/mol. The number of nitrogens with zero attached hydrogens (tertiary/aromatic N) is 2. The molecule has 0 bridgehead atoms. The van der Waals surface area contributed by atoms with E-state index in [2.05, 4.69) is 10.3 Å². The zero-order valence-electron chi connectivity index (χ0n) is 17.5. The third kappa shape index (κ3) is 5.69. The number of hydrogen-bond donors (Lipinski definition) is 0. The maximum atomic E-state index is 11.6. The molecule has 162 valence electrons. The molecule has 0 fully saturated rings. The number of ether oxygens (including phenoxy) is 2. The van der Waals surface area contributed by atoms with Gasteiger partial charge in [0.2, 0.25) is 13.2 Å². The Morgan fingerprint density at radius 1 is 0.710 bits per heavy atom. The number of oxime groups is 2.